The molecule has 0 spiro atoms. The summed E-state index contributed by atoms with van der Waals surface area (Å²) in [5.74, 6) is 1.45. The van der Waals surface area contributed by atoms with Gasteiger partial charge in [-0.2, -0.15) is 0 Å². The molecular formula is C12H20N2O2S. The van der Waals surface area contributed by atoms with Crippen LogP contribution < -0.4 is 10.1 Å². The van der Waals surface area contributed by atoms with Gasteiger partial charge in [-0.25, -0.2) is 0 Å². The van der Waals surface area contributed by atoms with E-state index in [0.29, 0.717) is 5.75 Å². The van der Waals surface area contributed by atoms with Crippen molar-refractivity contribution < 1.29 is 8.95 Å². The molecule has 17 heavy (non-hydrogen) atoms. The Bertz CT molecular complexity index is 396. The molecule has 0 aliphatic heterocycles. The van der Waals surface area contributed by atoms with Gasteiger partial charge in [-0.3, -0.25) is 9.19 Å². The van der Waals surface area contributed by atoms with Crippen molar-refractivity contribution >= 4 is 16.5 Å². The Morgan fingerprint density at radius 3 is 2.88 bits per heavy atom. The van der Waals surface area contributed by atoms with Gasteiger partial charge < -0.3 is 10.1 Å². The van der Waals surface area contributed by atoms with E-state index in [1.54, 1.807) is 19.6 Å². The van der Waals surface area contributed by atoms with Crippen molar-refractivity contribution in [2.45, 2.75) is 26.3 Å². The second kappa shape index (κ2) is 6.59. The highest BCUT2D eigenvalue weighted by Gasteiger charge is 2.08. The molecule has 2 unspecified atom stereocenters. The first-order chi connectivity index (χ1) is 8.02. The minimum absolute atomic E-state index is 0.259. The Morgan fingerprint density at radius 2 is 2.29 bits per heavy atom. The molecule has 1 rings (SSSR count). The van der Waals surface area contributed by atoms with Crippen LogP contribution in [0.1, 0.15) is 19.0 Å². The normalized spacial score (nSPS) is 14.1. The molecule has 0 aliphatic rings. The molecular weight excluding hydrogens is 236 g/mol. The van der Waals surface area contributed by atoms with Gasteiger partial charge in [-0.15, -0.1) is 0 Å². The van der Waals surface area contributed by atoms with Gasteiger partial charge in [0.15, 0.2) is 5.75 Å². The summed E-state index contributed by atoms with van der Waals surface area (Å²) in [5.41, 5.74) is 1.88. The fourth-order valence-electron chi connectivity index (χ4n) is 1.50. The van der Waals surface area contributed by atoms with Crippen LogP contribution in [0.4, 0.5) is 5.69 Å². The van der Waals surface area contributed by atoms with Crippen LogP contribution in [-0.2, 0) is 10.8 Å². The lowest BCUT2D eigenvalue weighted by molar-refractivity contribution is 0.414. The maximum atomic E-state index is 11.0. The molecule has 0 radical (unpaired) electrons. The largest absolute Gasteiger partial charge is 0.493 e. The van der Waals surface area contributed by atoms with Gasteiger partial charge in [0, 0.05) is 34.5 Å². The van der Waals surface area contributed by atoms with E-state index < -0.39 is 10.8 Å². The highest BCUT2D eigenvalue weighted by molar-refractivity contribution is 7.84. The zero-order valence-corrected chi connectivity index (χ0v) is 11.6. The van der Waals surface area contributed by atoms with Gasteiger partial charge in [0.2, 0.25) is 0 Å². The number of rotatable bonds is 6. The van der Waals surface area contributed by atoms with Crippen molar-refractivity contribution in [3.8, 4) is 5.75 Å². The summed E-state index contributed by atoms with van der Waals surface area (Å²) in [6.45, 7) is 4.01. The van der Waals surface area contributed by atoms with Gasteiger partial charge in [0.05, 0.1) is 19.0 Å². The van der Waals surface area contributed by atoms with Gasteiger partial charge >= 0.3 is 0 Å². The summed E-state index contributed by atoms with van der Waals surface area (Å²) in [7, 11) is 0.889. The van der Waals surface area contributed by atoms with E-state index in [0.717, 1.165) is 23.6 Å². The lowest BCUT2D eigenvalue weighted by Crippen LogP contribution is -2.18. The standard InChI is InChI=1S/C12H20N2O2S/c1-9(5-6-17(4)15)14-11-7-10(2)13-8-12(11)16-3/h7-9H,5-6H2,1-4H3,(H,13,14). The summed E-state index contributed by atoms with van der Waals surface area (Å²) in [4.78, 5) is 4.18. The van der Waals surface area contributed by atoms with Crippen molar-refractivity contribution in [2.24, 2.45) is 0 Å². The number of methoxy groups -OCH3 is 1. The summed E-state index contributed by atoms with van der Waals surface area (Å²) in [6.07, 6.45) is 4.31. The Kier molecular flexibility index (Phi) is 5.41. The van der Waals surface area contributed by atoms with Crippen LogP contribution in [-0.4, -0.2) is 34.4 Å². The van der Waals surface area contributed by atoms with Crippen LogP contribution in [0.3, 0.4) is 0 Å². The third kappa shape index (κ3) is 4.73. The fraction of sp³-hybridized carbons (Fsp3) is 0.583. The minimum atomic E-state index is -0.739. The number of aromatic nitrogens is 1. The van der Waals surface area contributed by atoms with E-state index in [1.807, 2.05) is 13.0 Å². The van der Waals surface area contributed by atoms with Gasteiger partial charge in [0.1, 0.15) is 0 Å². The number of nitrogens with one attached hydrogen (secondary N) is 1. The maximum Gasteiger partial charge on any atom is 0.160 e. The molecule has 0 fully saturated rings. The van der Waals surface area contributed by atoms with Gasteiger partial charge in [0.25, 0.3) is 0 Å². The van der Waals surface area contributed by atoms with Crippen LogP contribution in [0.25, 0.3) is 0 Å². The minimum Gasteiger partial charge on any atom is -0.493 e. The number of ether oxygens (including phenoxy) is 1. The van der Waals surface area contributed by atoms with Gasteiger partial charge in [-0.05, 0) is 26.3 Å². The lowest BCUT2D eigenvalue weighted by Gasteiger charge is -2.17. The van der Waals surface area contributed by atoms with E-state index in [4.69, 9.17) is 4.74 Å². The quantitative estimate of drug-likeness (QED) is 0.845. The lowest BCUT2D eigenvalue weighted by atomic mass is 10.2. The number of pyridine rings is 1. The molecule has 2 atom stereocenters. The Labute approximate surface area is 105 Å². The van der Waals surface area contributed by atoms with E-state index in [-0.39, 0.29) is 6.04 Å². The molecule has 0 bridgehead atoms. The first kappa shape index (κ1) is 14.0. The SMILES string of the molecule is COc1cnc(C)cc1NC(C)CCS(C)=O. The monoisotopic (exact) mass is 256 g/mol. The Morgan fingerprint density at radius 1 is 1.59 bits per heavy atom. The Balaban J connectivity index is 2.66. The zero-order chi connectivity index (χ0) is 12.8. The van der Waals surface area contributed by atoms with Crippen LogP contribution in [0, 0.1) is 6.92 Å². The predicted octanol–water partition coefficient (Wildman–Crippen LogP) is 1.97. The highest BCUT2D eigenvalue weighted by atomic mass is 32.2. The summed E-state index contributed by atoms with van der Waals surface area (Å²) >= 11 is 0. The molecule has 1 N–H and O–H groups in total. The third-order valence-electron chi connectivity index (χ3n) is 2.46. The number of hydrogen-bond donors (Lipinski definition) is 1. The fourth-order valence-corrected chi connectivity index (χ4v) is 2.19. The molecule has 0 saturated carbocycles. The van der Waals surface area contributed by atoms with Crippen LogP contribution >= 0.6 is 0 Å². The highest BCUT2D eigenvalue weighted by Crippen LogP contribution is 2.24. The van der Waals surface area contributed by atoms with Crippen LogP contribution in [0.2, 0.25) is 0 Å². The molecule has 1 aromatic heterocycles. The smallest absolute Gasteiger partial charge is 0.160 e. The second-order valence-corrected chi connectivity index (χ2v) is 5.69. The summed E-state index contributed by atoms with van der Waals surface area (Å²) in [5, 5.41) is 3.36. The molecule has 1 aromatic rings. The maximum absolute atomic E-state index is 11.0. The average Bonchev–Trinajstić information content (AvgIpc) is 2.27. The molecule has 5 heteroatoms. The van der Waals surface area contributed by atoms with E-state index >= 15 is 0 Å². The van der Waals surface area contributed by atoms with Crippen molar-refractivity contribution in [1.82, 2.24) is 4.98 Å². The molecule has 96 valence electrons. The number of hydrogen-bond acceptors (Lipinski definition) is 4. The molecule has 1 heterocycles. The topological polar surface area (TPSA) is 51.2 Å². The zero-order valence-electron chi connectivity index (χ0n) is 10.8. The predicted molar refractivity (Wildman–Crippen MR) is 72.2 cm³/mol. The van der Waals surface area contributed by atoms with Crippen molar-refractivity contribution in [1.29, 1.82) is 0 Å². The van der Waals surface area contributed by atoms with Gasteiger partial charge in [-0.1, -0.05) is 0 Å². The van der Waals surface area contributed by atoms with Crippen molar-refractivity contribution in [3.05, 3.63) is 18.0 Å². The van der Waals surface area contributed by atoms with E-state index in [1.165, 1.54) is 0 Å². The van der Waals surface area contributed by atoms with Crippen LogP contribution in [0.5, 0.6) is 5.75 Å². The van der Waals surface area contributed by atoms with Crippen LogP contribution in [0.15, 0.2) is 12.3 Å². The molecule has 0 aliphatic carbocycles. The summed E-state index contributed by atoms with van der Waals surface area (Å²) in [6, 6.07) is 2.22. The molecule has 0 saturated heterocycles. The molecule has 0 amide bonds. The molecule has 0 aromatic carbocycles. The number of anilines is 1. The summed E-state index contributed by atoms with van der Waals surface area (Å²) < 4.78 is 16.3. The van der Waals surface area contributed by atoms with Crippen molar-refractivity contribution in [2.75, 3.05) is 24.4 Å². The second-order valence-electron chi connectivity index (χ2n) is 4.14. The first-order valence-electron chi connectivity index (χ1n) is 5.60. The van der Waals surface area contributed by atoms with Crippen molar-refractivity contribution in [3.63, 3.8) is 0 Å². The third-order valence-corrected chi connectivity index (χ3v) is 3.27. The number of nitrogens with zero attached hydrogens (tertiary/aromatic N) is 1. The van der Waals surface area contributed by atoms with E-state index in [9.17, 15) is 4.21 Å². The first-order valence-corrected chi connectivity index (χ1v) is 7.33. The molecule has 4 nitrogen and oxygen atoms in total. The van der Waals surface area contributed by atoms with E-state index in [2.05, 4.69) is 17.2 Å². The number of aryl methyl sites for hydroxylation is 1. The Hall–Kier alpha value is -1.10. The average molecular weight is 256 g/mol.